The number of aromatic amines is 1. The Hall–Kier alpha value is -2.25. The topological polar surface area (TPSA) is 76.2 Å². The number of ether oxygens (including phenoxy) is 2. The number of halogens is 1. The smallest absolute Gasteiger partial charge is 0.269 e. The van der Waals surface area contributed by atoms with Gasteiger partial charge in [-0.15, -0.1) is 0 Å². The van der Waals surface area contributed by atoms with Crippen LogP contribution in [-0.4, -0.2) is 43.2 Å². The monoisotopic (exact) mass is 293 g/mol. The zero-order valence-electron chi connectivity index (χ0n) is 11.7. The number of carbonyl (C=O) groups is 1. The maximum absolute atomic E-state index is 12.9. The third-order valence-electron chi connectivity index (χ3n) is 2.92. The second-order valence-corrected chi connectivity index (χ2v) is 4.28. The quantitative estimate of drug-likeness (QED) is 0.793. The second-order valence-electron chi connectivity index (χ2n) is 4.28. The van der Waals surface area contributed by atoms with Crippen molar-refractivity contribution >= 4 is 5.91 Å². The zero-order valence-corrected chi connectivity index (χ0v) is 11.7. The molecule has 2 N–H and O–H groups in total. The summed E-state index contributed by atoms with van der Waals surface area (Å²) in [6, 6.07) is 7.46. The van der Waals surface area contributed by atoms with Crippen LogP contribution >= 0.6 is 0 Å². The first-order valence-electron chi connectivity index (χ1n) is 6.29. The Morgan fingerprint density at radius 3 is 2.62 bits per heavy atom. The van der Waals surface area contributed by atoms with Crippen LogP contribution in [0.3, 0.4) is 0 Å². The molecule has 0 saturated heterocycles. The first kappa shape index (κ1) is 15.1. The molecule has 1 heterocycles. The molecule has 0 aliphatic heterocycles. The fraction of sp³-hybridized carbons (Fsp3) is 0.286. The summed E-state index contributed by atoms with van der Waals surface area (Å²) in [6.45, 7) is 0.219. The molecule has 0 aliphatic carbocycles. The van der Waals surface area contributed by atoms with E-state index in [1.807, 2.05) is 0 Å². The van der Waals surface area contributed by atoms with E-state index in [-0.39, 0.29) is 18.3 Å². The van der Waals surface area contributed by atoms with Crippen molar-refractivity contribution in [1.82, 2.24) is 15.5 Å². The Morgan fingerprint density at radius 2 is 2.00 bits per heavy atom. The largest absolute Gasteiger partial charge is 0.354 e. The van der Waals surface area contributed by atoms with Gasteiger partial charge in [-0.2, -0.15) is 5.10 Å². The van der Waals surface area contributed by atoms with Crippen LogP contribution < -0.4 is 5.32 Å². The van der Waals surface area contributed by atoms with Crippen LogP contribution in [0.4, 0.5) is 4.39 Å². The van der Waals surface area contributed by atoms with E-state index in [1.54, 1.807) is 18.2 Å². The number of amides is 1. The molecular formula is C14H16FN3O3. The Kier molecular flexibility index (Phi) is 5.02. The summed E-state index contributed by atoms with van der Waals surface area (Å²) in [5.41, 5.74) is 1.59. The van der Waals surface area contributed by atoms with Crippen LogP contribution in [-0.2, 0) is 9.47 Å². The van der Waals surface area contributed by atoms with Gasteiger partial charge in [-0.3, -0.25) is 9.89 Å². The molecule has 0 aliphatic rings. The number of rotatable bonds is 6. The fourth-order valence-electron chi connectivity index (χ4n) is 1.74. The predicted octanol–water partition coefficient (Wildman–Crippen LogP) is 1.56. The summed E-state index contributed by atoms with van der Waals surface area (Å²) in [6.07, 6.45) is -0.506. The molecule has 1 aromatic heterocycles. The number of H-pyrrole nitrogens is 1. The third kappa shape index (κ3) is 3.87. The SMILES string of the molecule is COC(CNC(=O)c1cc(-c2ccc(F)cc2)n[nH]1)OC. The van der Waals surface area contributed by atoms with Crippen LogP contribution in [0, 0.1) is 5.82 Å². The van der Waals surface area contributed by atoms with E-state index in [1.165, 1.54) is 26.4 Å². The van der Waals surface area contributed by atoms with Gasteiger partial charge in [0.1, 0.15) is 11.5 Å². The van der Waals surface area contributed by atoms with Crippen molar-refractivity contribution < 1.29 is 18.7 Å². The zero-order chi connectivity index (χ0) is 15.2. The summed E-state index contributed by atoms with van der Waals surface area (Å²) in [5, 5.41) is 9.33. The lowest BCUT2D eigenvalue weighted by molar-refractivity contribution is -0.0974. The summed E-state index contributed by atoms with van der Waals surface area (Å²) in [7, 11) is 2.98. The molecule has 0 unspecified atom stereocenters. The lowest BCUT2D eigenvalue weighted by atomic mass is 10.1. The Balaban J connectivity index is 2.02. The predicted molar refractivity (Wildman–Crippen MR) is 74.1 cm³/mol. The van der Waals surface area contributed by atoms with E-state index in [0.29, 0.717) is 11.4 Å². The molecule has 0 bridgehead atoms. The molecule has 0 atom stereocenters. The van der Waals surface area contributed by atoms with Gasteiger partial charge in [-0.25, -0.2) is 4.39 Å². The average Bonchev–Trinajstić information content (AvgIpc) is 2.99. The van der Waals surface area contributed by atoms with E-state index in [0.717, 1.165) is 5.56 Å². The molecule has 2 aromatic rings. The van der Waals surface area contributed by atoms with Gasteiger partial charge in [-0.1, -0.05) is 0 Å². The standard InChI is InChI=1S/C14H16FN3O3/c1-20-13(21-2)8-16-14(19)12-7-11(17-18-12)9-3-5-10(15)6-4-9/h3-7,13H,8H2,1-2H3,(H,16,19)(H,17,18). The first-order chi connectivity index (χ1) is 10.1. The van der Waals surface area contributed by atoms with Crippen molar-refractivity contribution in [2.24, 2.45) is 0 Å². The van der Waals surface area contributed by atoms with Crippen molar-refractivity contribution in [2.45, 2.75) is 6.29 Å². The number of benzene rings is 1. The number of hydrogen-bond donors (Lipinski definition) is 2. The molecule has 0 fully saturated rings. The molecule has 0 saturated carbocycles. The van der Waals surface area contributed by atoms with E-state index < -0.39 is 6.29 Å². The van der Waals surface area contributed by atoms with E-state index in [9.17, 15) is 9.18 Å². The van der Waals surface area contributed by atoms with E-state index in [2.05, 4.69) is 15.5 Å². The highest BCUT2D eigenvalue weighted by atomic mass is 19.1. The summed E-state index contributed by atoms with van der Waals surface area (Å²) in [5.74, 6) is -0.646. The van der Waals surface area contributed by atoms with Crippen LogP contribution in [0.2, 0.25) is 0 Å². The van der Waals surface area contributed by atoms with Crippen LogP contribution in [0.1, 0.15) is 10.5 Å². The van der Waals surface area contributed by atoms with Gasteiger partial charge >= 0.3 is 0 Å². The molecular weight excluding hydrogens is 277 g/mol. The first-order valence-corrected chi connectivity index (χ1v) is 6.29. The van der Waals surface area contributed by atoms with Crippen LogP contribution in [0.15, 0.2) is 30.3 Å². The van der Waals surface area contributed by atoms with Crippen molar-refractivity contribution in [3.05, 3.63) is 41.8 Å². The van der Waals surface area contributed by atoms with Gasteiger partial charge in [0.25, 0.3) is 5.91 Å². The van der Waals surface area contributed by atoms with Gasteiger partial charge in [0.15, 0.2) is 6.29 Å². The van der Waals surface area contributed by atoms with Crippen LogP contribution in [0.25, 0.3) is 11.3 Å². The minimum absolute atomic E-state index is 0.219. The highest BCUT2D eigenvalue weighted by molar-refractivity contribution is 5.93. The fourth-order valence-corrected chi connectivity index (χ4v) is 1.74. The van der Waals surface area contributed by atoms with Crippen molar-refractivity contribution in [3.63, 3.8) is 0 Å². The number of methoxy groups -OCH3 is 2. The van der Waals surface area contributed by atoms with E-state index in [4.69, 9.17) is 9.47 Å². The number of nitrogens with zero attached hydrogens (tertiary/aromatic N) is 1. The van der Waals surface area contributed by atoms with Gasteiger partial charge in [0, 0.05) is 19.8 Å². The molecule has 1 aromatic carbocycles. The van der Waals surface area contributed by atoms with Crippen molar-refractivity contribution in [3.8, 4) is 11.3 Å². The number of hydrogen-bond acceptors (Lipinski definition) is 4. The molecule has 0 radical (unpaired) electrons. The molecule has 2 rings (SSSR count). The van der Waals surface area contributed by atoms with Gasteiger partial charge in [0.2, 0.25) is 0 Å². The Morgan fingerprint density at radius 1 is 1.33 bits per heavy atom. The highest BCUT2D eigenvalue weighted by Crippen LogP contribution is 2.17. The second kappa shape index (κ2) is 6.96. The molecule has 6 nitrogen and oxygen atoms in total. The minimum Gasteiger partial charge on any atom is -0.354 e. The van der Waals surface area contributed by atoms with Gasteiger partial charge in [-0.05, 0) is 30.3 Å². The molecule has 1 amide bonds. The number of aromatic nitrogens is 2. The lowest BCUT2D eigenvalue weighted by Crippen LogP contribution is -2.34. The third-order valence-corrected chi connectivity index (χ3v) is 2.92. The molecule has 0 spiro atoms. The highest BCUT2D eigenvalue weighted by Gasteiger charge is 2.13. The summed E-state index contributed by atoms with van der Waals surface area (Å²) < 4.78 is 22.8. The number of carbonyl (C=O) groups excluding carboxylic acids is 1. The summed E-state index contributed by atoms with van der Waals surface area (Å²) in [4.78, 5) is 11.9. The Labute approximate surface area is 121 Å². The average molecular weight is 293 g/mol. The molecule has 21 heavy (non-hydrogen) atoms. The normalized spacial score (nSPS) is 10.9. The van der Waals surface area contributed by atoms with Gasteiger partial charge < -0.3 is 14.8 Å². The van der Waals surface area contributed by atoms with Crippen LogP contribution in [0.5, 0.6) is 0 Å². The van der Waals surface area contributed by atoms with Crippen molar-refractivity contribution in [1.29, 1.82) is 0 Å². The maximum atomic E-state index is 12.9. The minimum atomic E-state index is -0.506. The van der Waals surface area contributed by atoms with Gasteiger partial charge in [0.05, 0.1) is 12.2 Å². The van der Waals surface area contributed by atoms with Crippen molar-refractivity contribution in [2.75, 3.05) is 20.8 Å². The summed E-state index contributed by atoms with van der Waals surface area (Å²) >= 11 is 0. The lowest BCUT2D eigenvalue weighted by Gasteiger charge is -2.13. The Bertz CT molecular complexity index is 594. The molecule has 112 valence electrons. The maximum Gasteiger partial charge on any atom is 0.269 e. The number of nitrogens with one attached hydrogen (secondary N) is 2. The molecule has 7 heteroatoms. The van der Waals surface area contributed by atoms with E-state index >= 15 is 0 Å².